The normalized spacial score (nSPS) is 13.4. The third-order valence-corrected chi connectivity index (χ3v) is 7.53. The standard InChI is InChI=1S/C28H38N2O4S/c1-4-16-29(27(31)14-12-22-8-5-6-9-22)21-28(32)30(20-24-10-7-18-35-24)17-15-23-11-13-25(33-2)26(19-23)34-3/h4,7,10-11,13,18-19,22H,1,5-6,8-9,12,14-17,20-21H2,2-3H3. The number of ether oxygens (including phenoxy) is 2. The van der Waals surface area contributed by atoms with Crippen molar-refractivity contribution in [1.82, 2.24) is 9.80 Å². The van der Waals surface area contributed by atoms with Crippen molar-refractivity contribution in [3.05, 3.63) is 58.8 Å². The smallest absolute Gasteiger partial charge is 0.242 e. The second-order valence-corrected chi connectivity index (χ2v) is 10.1. The van der Waals surface area contributed by atoms with E-state index in [1.54, 1.807) is 36.5 Å². The van der Waals surface area contributed by atoms with E-state index in [-0.39, 0.29) is 18.4 Å². The molecule has 190 valence electrons. The summed E-state index contributed by atoms with van der Waals surface area (Å²) >= 11 is 1.63. The Hall–Kier alpha value is -2.80. The van der Waals surface area contributed by atoms with Gasteiger partial charge in [-0.1, -0.05) is 43.9 Å². The maximum absolute atomic E-state index is 13.4. The summed E-state index contributed by atoms with van der Waals surface area (Å²) in [5, 5.41) is 2.02. The van der Waals surface area contributed by atoms with Crippen LogP contribution < -0.4 is 9.47 Å². The van der Waals surface area contributed by atoms with Crippen LogP contribution in [-0.2, 0) is 22.6 Å². The first-order chi connectivity index (χ1) is 17.0. The second kappa shape index (κ2) is 13.9. The van der Waals surface area contributed by atoms with E-state index in [2.05, 4.69) is 6.58 Å². The molecule has 1 aliphatic rings. The molecular weight excluding hydrogens is 460 g/mol. The van der Waals surface area contributed by atoms with E-state index in [1.807, 2.05) is 40.6 Å². The minimum Gasteiger partial charge on any atom is -0.493 e. The van der Waals surface area contributed by atoms with E-state index in [4.69, 9.17) is 9.47 Å². The molecule has 1 saturated carbocycles. The van der Waals surface area contributed by atoms with Crippen molar-refractivity contribution in [3.63, 3.8) is 0 Å². The van der Waals surface area contributed by atoms with Crippen LogP contribution in [0.3, 0.4) is 0 Å². The Balaban J connectivity index is 1.65. The Bertz CT molecular complexity index is 954. The Morgan fingerprint density at radius 1 is 1.09 bits per heavy atom. The number of methoxy groups -OCH3 is 2. The molecule has 1 fully saturated rings. The Kier molecular flexibility index (Phi) is 10.7. The molecule has 1 aromatic heterocycles. The molecule has 35 heavy (non-hydrogen) atoms. The fraction of sp³-hybridized carbons (Fsp3) is 0.500. The van der Waals surface area contributed by atoms with E-state index in [0.717, 1.165) is 16.9 Å². The summed E-state index contributed by atoms with van der Waals surface area (Å²) in [7, 11) is 3.23. The topological polar surface area (TPSA) is 59.1 Å². The van der Waals surface area contributed by atoms with Gasteiger partial charge in [0.1, 0.15) is 6.54 Å². The molecular formula is C28H38N2O4S. The highest BCUT2D eigenvalue weighted by atomic mass is 32.1. The number of thiophene rings is 1. The minimum absolute atomic E-state index is 0.0427. The zero-order valence-corrected chi connectivity index (χ0v) is 21.9. The monoisotopic (exact) mass is 498 g/mol. The lowest BCUT2D eigenvalue weighted by atomic mass is 10.0. The average Bonchev–Trinajstić information content (AvgIpc) is 3.59. The van der Waals surface area contributed by atoms with Gasteiger partial charge in [0.05, 0.1) is 20.8 Å². The Labute approximate surface area is 213 Å². The molecule has 0 aliphatic heterocycles. The van der Waals surface area contributed by atoms with Gasteiger partial charge in [-0.05, 0) is 47.9 Å². The van der Waals surface area contributed by atoms with Crippen LogP contribution in [0.25, 0.3) is 0 Å². The van der Waals surface area contributed by atoms with Crippen LogP contribution in [0.1, 0.15) is 49.0 Å². The first-order valence-electron chi connectivity index (χ1n) is 12.4. The number of nitrogens with zero attached hydrogens (tertiary/aromatic N) is 2. The van der Waals surface area contributed by atoms with E-state index in [0.29, 0.717) is 49.9 Å². The summed E-state index contributed by atoms with van der Waals surface area (Å²) in [5.41, 5.74) is 1.06. The van der Waals surface area contributed by atoms with Gasteiger partial charge in [-0.15, -0.1) is 17.9 Å². The lowest BCUT2D eigenvalue weighted by molar-refractivity contribution is -0.140. The van der Waals surface area contributed by atoms with Gasteiger partial charge in [0.25, 0.3) is 0 Å². The lowest BCUT2D eigenvalue weighted by Gasteiger charge is -2.27. The summed E-state index contributed by atoms with van der Waals surface area (Å²) < 4.78 is 10.8. The fourth-order valence-corrected chi connectivity index (χ4v) is 5.36. The molecule has 0 unspecified atom stereocenters. The van der Waals surface area contributed by atoms with Crippen LogP contribution in [-0.4, -0.2) is 55.5 Å². The highest BCUT2D eigenvalue weighted by Crippen LogP contribution is 2.29. The van der Waals surface area contributed by atoms with Crippen LogP contribution in [0, 0.1) is 5.92 Å². The number of benzene rings is 1. The largest absolute Gasteiger partial charge is 0.493 e. The number of hydrogen-bond donors (Lipinski definition) is 0. The minimum atomic E-state index is -0.0463. The van der Waals surface area contributed by atoms with Crippen LogP contribution in [0.5, 0.6) is 11.5 Å². The van der Waals surface area contributed by atoms with E-state index >= 15 is 0 Å². The highest BCUT2D eigenvalue weighted by Gasteiger charge is 2.23. The maximum atomic E-state index is 13.4. The van der Waals surface area contributed by atoms with E-state index in [1.165, 1.54) is 25.7 Å². The molecule has 0 spiro atoms. The van der Waals surface area contributed by atoms with Crippen molar-refractivity contribution >= 4 is 23.2 Å². The predicted molar refractivity (Wildman–Crippen MR) is 141 cm³/mol. The van der Waals surface area contributed by atoms with Crippen molar-refractivity contribution in [2.45, 2.75) is 51.5 Å². The molecule has 0 N–H and O–H groups in total. The third-order valence-electron chi connectivity index (χ3n) is 6.67. The Morgan fingerprint density at radius 3 is 2.51 bits per heavy atom. The SMILES string of the molecule is C=CCN(CC(=O)N(CCc1ccc(OC)c(OC)c1)Cc1cccs1)C(=O)CCC1CCCC1. The number of hydrogen-bond acceptors (Lipinski definition) is 5. The molecule has 0 radical (unpaired) electrons. The second-order valence-electron chi connectivity index (χ2n) is 9.09. The molecule has 6 nitrogen and oxygen atoms in total. The van der Waals surface area contributed by atoms with Gasteiger partial charge in [0.2, 0.25) is 11.8 Å². The molecule has 2 amide bonds. The van der Waals surface area contributed by atoms with Crippen molar-refractivity contribution in [1.29, 1.82) is 0 Å². The van der Waals surface area contributed by atoms with Gasteiger partial charge in [-0.2, -0.15) is 0 Å². The number of rotatable bonds is 14. The van der Waals surface area contributed by atoms with Gasteiger partial charge in [-0.25, -0.2) is 0 Å². The molecule has 7 heteroatoms. The number of amides is 2. The molecule has 3 rings (SSSR count). The molecule has 1 aromatic carbocycles. The summed E-state index contributed by atoms with van der Waals surface area (Å²) in [5.74, 6) is 2.00. The van der Waals surface area contributed by atoms with Gasteiger partial charge in [0.15, 0.2) is 11.5 Å². The van der Waals surface area contributed by atoms with E-state index < -0.39 is 0 Å². The zero-order valence-electron chi connectivity index (χ0n) is 21.0. The van der Waals surface area contributed by atoms with Crippen LogP contribution in [0.15, 0.2) is 48.4 Å². The number of carbonyl (C=O) groups is 2. The molecule has 0 saturated heterocycles. The van der Waals surface area contributed by atoms with Gasteiger partial charge in [-0.3, -0.25) is 9.59 Å². The van der Waals surface area contributed by atoms with Crippen LogP contribution in [0.2, 0.25) is 0 Å². The van der Waals surface area contributed by atoms with Crippen LogP contribution >= 0.6 is 11.3 Å². The van der Waals surface area contributed by atoms with Gasteiger partial charge < -0.3 is 19.3 Å². The summed E-state index contributed by atoms with van der Waals surface area (Å²) in [6, 6.07) is 9.85. The predicted octanol–water partition coefficient (Wildman–Crippen LogP) is 5.32. The number of carbonyl (C=O) groups excluding carboxylic acids is 2. The van der Waals surface area contributed by atoms with Crippen molar-refractivity contribution in [2.24, 2.45) is 5.92 Å². The quantitative estimate of drug-likeness (QED) is 0.331. The lowest BCUT2D eigenvalue weighted by Crippen LogP contribution is -2.43. The molecule has 1 aliphatic carbocycles. The van der Waals surface area contributed by atoms with Crippen molar-refractivity contribution in [3.8, 4) is 11.5 Å². The highest BCUT2D eigenvalue weighted by molar-refractivity contribution is 7.09. The van der Waals surface area contributed by atoms with E-state index in [9.17, 15) is 9.59 Å². The van der Waals surface area contributed by atoms with Crippen molar-refractivity contribution in [2.75, 3.05) is 33.9 Å². The first-order valence-corrected chi connectivity index (χ1v) is 13.3. The van der Waals surface area contributed by atoms with Crippen LogP contribution in [0.4, 0.5) is 0 Å². The first kappa shape index (κ1) is 26.8. The molecule has 0 atom stereocenters. The molecule has 2 aromatic rings. The summed E-state index contributed by atoms with van der Waals surface area (Å²) in [6.07, 6.45) is 8.78. The Morgan fingerprint density at radius 2 is 1.86 bits per heavy atom. The van der Waals surface area contributed by atoms with Crippen molar-refractivity contribution < 1.29 is 19.1 Å². The summed E-state index contributed by atoms with van der Waals surface area (Å²) in [6.45, 7) is 5.34. The average molecular weight is 499 g/mol. The van der Waals surface area contributed by atoms with Gasteiger partial charge >= 0.3 is 0 Å². The third kappa shape index (κ3) is 8.13. The zero-order chi connectivity index (χ0) is 25.0. The fourth-order valence-electron chi connectivity index (χ4n) is 4.64. The van der Waals surface area contributed by atoms with Gasteiger partial charge in [0, 0.05) is 24.4 Å². The summed E-state index contributed by atoms with van der Waals surface area (Å²) in [4.78, 5) is 31.0. The molecule has 0 bridgehead atoms. The molecule has 1 heterocycles. The maximum Gasteiger partial charge on any atom is 0.242 e.